The van der Waals surface area contributed by atoms with Crippen molar-refractivity contribution in [3.63, 3.8) is 0 Å². The number of hydrogen-bond acceptors (Lipinski definition) is 6. The van der Waals surface area contributed by atoms with Crippen LogP contribution in [0.5, 0.6) is 0 Å². The van der Waals surface area contributed by atoms with E-state index in [1.54, 1.807) is 0 Å². The molecule has 38 heavy (non-hydrogen) atoms. The average molecular weight is 514 g/mol. The van der Waals surface area contributed by atoms with Gasteiger partial charge in [0.2, 0.25) is 5.91 Å². The Morgan fingerprint density at radius 2 is 1.92 bits per heavy atom. The molecule has 0 aliphatic carbocycles. The summed E-state index contributed by atoms with van der Waals surface area (Å²) in [6, 6.07) is 10.4. The number of fused-ring (bicyclic) bond motifs is 1. The molecule has 2 aliphatic rings. The first-order chi connectivity index (χ1) is 18.2. The summed E-state index contributed by atoms with van der Waals surface area (Å²) in [4.78, 5) is 31.0. The van der Waals surface area contributed by atoms with Crippen LogP contribution in [0, 0.1) is 22.7 Å². The van der Waals surface area contributed by atoms with Crippen LogP contribution < -0.4 is 10.2 Å². The van der Waals surface area contributed by atoms with Crippen LogP contribution in [-0.4, -0.2) is 58.0 Å². The Bertz CT molecular complexity index is 1320. The second kappa shape index (κ2) is 10.7. The van der Waals surface area contributed by atoms with Crippen LogP contribution in [0.3, 0.4) is 0 Å². The van der Waals surface area contributed by atoms with Crippen LogP contribution in [0.25, 0.3) is 22.4 Å². The Kier molecular flexibility index (Phi) is 7.40. The van der Waals surface area contributed by atoms with Crippen LogP contribution in [-0.2, 0) is 4.79 Å². The van der Waals surface area contributed by atoms with E-state index in [2.05, 4.69) is 78.2 Å². The number of rotatable bonds is 6. The highest BCUT2D eigenvalue weighted by molar-refractivity contribution is 5.83. The SMILES string of the molecule is CC(N[C@@H](C(=O)N1CCC(C#N)CC1)C(C)(C)C)c1c[nH]c2ncc(-c3cccc(N4CCCC4)c3)nc12. The highest BCUT2D eigenvalue weighted by atomic mass is 16.2. The molecule has 2 saturated heterocycles. The monoisotopic (exact) mass is 513 g/mol. The van der Waals surface area contributed by atoms with Crippen LogP contribution in [0.2, 0.25) is 0 Å². The maximum Gasteiger partial charge on any atom is 0.240 e. The van der Waals surface area contributed by atoms with E-state index in [1.807, 2.05) is 17.3 Å². The van der Waals surface area contributed by atoms with Crippen LogP contribution in [0.4, 0.5) is 5.69 Å². The fraction of sp³-hybridized carbons (Fsp3) is 0.533. The summed E-state index contributed by atoms with van der Waals surface area (Å²) in [5.74, 6) is 0.153. The van der Waals surface area contributed by atoms with Gasteiger partial charge in [0, 0.05) is 61.1 Å². The van der Waals surface area contributed by atoms with Gasteiger partial charge in [0.15, 0.2) is 5.65 Å². The quantitative estimate of drug-likeness (QED) is 0.478. The van der Waals surface area contributed by atoms with Gasteiger partial charge >= 0.3 is 0 Å². The summed E-state index contributed by atoms with van der Waals surface area (Å²) in [6.07, 6.45) is 7.75. The Morgan fingerprint density at radius 3 is 2.61 bits per heavy atom. The van der Waals surface area contributed by atoms with Crippen molar-refractivity contribution in [1.29, 1.82) is 5.26 Å². The third-order valence-corrected chi connectivity index (χ3v) is 8.01. The van der Waals surface area contributed by atoms with Gasteiger partial charge in [-0.1, -0.05) is 32.9 Å². The highest BCUT2D eigenvalue weighted by Gasteiger charge is 2.37. The van der Waals surface area contributed by atoms with Crippen molar-refractivity contribution < 1.29 is 4.79 Å². The lowest BCUT2D eigenvalue weighted by atomic mass is 9.84. The minimum absolute atomic E-state index is 0.0501. The van der Waals surface area contributed by atoms with Crippen LogP contribution in [0.15, 0.2) is 36.7 Å². The lowest BCUT2D eigenvalue weighted by molar-refractivity contribution is -0.137. The number of hydrogen-bond donors (Lipinski definition) is 2. The van der Waals surface area contributed by atoms with Crippen molar-refractivity contribution in [3.05, 3.63) is 42.2 Å². The largest absolute Gasteiger partial charge is 0.372 e. The molecule has 200 valence electrons. The summed E-state index contributed by atoms with van der Waals surface area (Å²) in [7, 11) is 0. The van der Waals surface area contributed by atoms with Gasteiger partial charge in [0.25, 0.3) is 0 Å². The number of nitrogens with one attached hydrogen (secondary N) is 2. The molecule has 0 saturated carbocycles. The fourth-order valence-electron chi connectivity index (χ4n) is 5.66. The fourth-order valence-corrected chi connectivity index (χ4v) is 5.66. The molecule has 5 rings (SSSR count). The standard InChI is InChI=1S/C30H39N7O/c1-20(34-27(30(2,3)4)29(38)37-14-10-21(17-31)11-15-37)24-18-32-28-26(24)35-25(19-33-28)22-8-7-9-23(16-22)36-12-5-6-13-36/h7-9,16,18-21,27,34H,5-6,10-15H2,1-4H3,(H,32,33)/t20?,27-/m0/s1. The predicted molar refractivity (Wildman–Crippen MR) is 150 cm³/mol. The number of nitriles is 1. The molecule has 2 aromatic heterocycles. The summed E-state index contributed by atoms with van der Waals surface area (Å²) in [5.41, 5.74) is 5.41. The molecule has 2 fully saturated rings. The van der Waals surface area contributed by atoms with E-state index >= 15 is 0 Å². The van der Waals surface area contributed by atoms with E-state index < -0.39 is 0 Å². The molecule has 0 bridgehead atoms. The smallest absolute Gasteiger partial charge is 0.240 e. The zero-order chi connectivity index (χ0) is 26.9. The maximum absolute atomic E-state index is 13.6. The second-order valence-corrected chi connectivity index (χ2v) is 11.9. The number of amides is 1. The Hall–Kier alpha value is -3.44. The maximum atomic E-state index is 13.6. The minimum atomic E-state index is -0.366. The number of piperidine rings is 1. The van der Waals surface area contributed by atoms with Crippen LogP contribution >= 0.6 is 0 Å². The number of aromatic amines is 1. The van der Waals surface area contributed by atoms with E-state index in [9.17, 15) is 10.1 Å². The van der Waals surface area contributed by atoms with Crippen molar-refractivity contribution in [3.8, 4) is 17.3 Å². The van der Waals surface area contributed by atoms with Crippen LogP contribution in [0.1, 0.15) is 65.0 Å². The predicted octanol–water partition coefficient (Wildman–Crippen LogP) is 5.05. The first-order valence-electron chi connectivity index (χ1n) is 13.9. The zero-order valence-corrected chi connectivity index (χ0v) is 23.0. The zero-order valence-electron chi connectivity index (χ0n) is 23.0. The van der Waals surface area contributed by atoms with Gasteiger partial charge in [0.05, 0.1) is 24.0 Å². The van der Waals surface area contributed by atoms with E-state index in [0.717, 1.165) is 53.9 Å². The molecule has 1 amide bonds. The molecule has 2 aliphatic heterocycles. The van der Waals surface area contributed by atoms with Gasteiger partial charge in [-0.05, 0) is 50.2 Å². The first-order valence-corrected chi connectivity index (χ1v) is 13.9. The molecule has 0 spiro atoms. The molecule has 8 heteroatoms. The van der Waals surface area contributed by atoms with Crippen molar-refractivity contribution in [2.75, 3.05) is 31.1 Å². The number of likely N-dealkylation sites (tertiary alicyclic amines) is 1. The van der Waals surface area contributed by atoms with Crippen molar-refractivity contribution in [2.24, 2.45) is 11.3 Å². The molecular formula is C30H39N7O. The number of carbonyl (C=O) groups excluding carboxylic acids is 1. The van der Waals surface area contributed by atoms with Gasteiger partial charge in [0.1, 0.15) is 5.52 Å². The normalized spacial score (nSPS) is 18.5. The molecule has 1 unspecified atom stereocenters. The summed E-state index contributed by atoms with van der Waals surface area (Å²) < 4.78 is 0. The van der Waals surface area contributed by atoms with E-state index in [-0.39, 0.29) is 29.3 Å². The van der Waals surface area contributed by atoms with E-state index in [1.165, 1.54) is 18.5 Å². The molecule has 1 aromatic carbocycles. The van der Waals surface area contributed by atoms with Crippen molar-refractivity contribution in [2.45, 2.75) is 65.5 Å². The second-order valence-electron chi connectivity index (χ2n) is 11.9. The first kappa shape index (κ1) is 26.2. The average Bonchev–Trinajstić information content (AvgIpc) is 3.61. The highest BCUT2D eigenvalue weighted by Crippen LogP contribution is 2.31. The third-order valence-electron chi connectivity index (χ3n) is 8.01. The van der Waals surface area contributed by atoms with Gasteiger partial charge in [-0.2, -0.15) is 5.26 Å². The van der Waals surface area contributed by atoms with Gasteiger partial charge in [-0.25, -0.2) is 9.97 Å². The topological polar surface area (TPSA) is 101 Å². The molecule has 8 nitrogen and oxygen atoms in total. The minimum Gasteiger partial charge on any atom is -0.372 e. The number of H-pyrrole nitrogens is 1. The number of aromatic nitrogens is 3. The lowest BCUT2D eigenvalue weighted by Gasteiger charge is -2.38. The van der Waals surface area contributed by atoms with Gasteiger partial charge < -0.3 is 14.8 Å². The van der Waals surface area contributed by atoms with Gasteiger partial charge in [-0.3, -0.25) is 10.1 Å². The lowest BCUT2D eigenvalue weighted by Crippen LogP contribution is -2.55. The summed E-state index contributed by atoms with van der Waals surface area (Å²) in [5, 5.41) is 12.9. The van der Waals surface area contributed by atoms with E-state index in [4.69, 9.17) is 4.98 Å². The van der Waals surface area contributed by atoms with Crippen molar-refractivity contribution in [1.82, 2.24) is 25.2 Å². The number of anilines is 1. The Labute approximate surface area is 225 Å². The number of nitrogens with zero attached hydrogens (tertiary/aromatic N) is 5. The Balaban J connectivity index is 1.38. The third kappa shape index (κ3) is 5.39. The molecule has 2 N–H and O–H groups in total. The van der Waals surface area contributed by atoms with Crippen molar-refractivity contribution >= 4 is 22.8 Å². The Morgan fingerprint density at radius 1 is 1.18 bits per heavy atom. The number of benzene rings is 1. The molecule has 4 heterocycles. The van der Waals surface area contributed by atoms with Gasteiger partial charge in [-0.15, -0.1) is 0 Å². The number of carbonyl (C=O) groups is 1. The van der Waals surface area contributed by atoms with E-state index in [0.29, 0.717) is 13.1 Å². The molecule has 3 aromatic rings. The summed E-state index contributed by atoms with van der Waals surface area (Å²) >= 11 is 0. The molecule has 2 atom stereocenters. The molecule has 0 radical (unpaired) electrons. The summed E-state index contributed by atoms with van der Waals surface area (Å²) in [6.45, 7) is 11.8. The molecular weight excluding hydrogens is 474 g/mol.